The molecule has 2 N–H and O–H groups in total. The number of halogens is 1. The average Bonchev–Trinajstić information content (AvgIpc) is 2.87. The first-order chi connectivity index (χ1) is 9.11. The fourth-order valence-electron chi connectivity index (χ4n) is 2.19. The van der Waals surface area contributed by atoms with Crippen LogP contribution in [0.2, 0.25) is 0 Å². The first-order valence-electron chi connectivity index (χ1n) is 7.78. The van der Waals surface area contributed by atoms with Crippen molar-refractivity contribution in [1.82, 2.24) is 10.6 Å². The van der Waals surface area contributed by atoms with Gasteiger partial charge in [0.05, 0.1) is 12.6 Å². The second-order valence-electron chi connectivity index (χ2n) is 5.87. The molecule has 5 heteroatoms. The van der Waals surface area contributed by atoms with E-state index < -0.39 is 0 Å². The zero-order valence-electron chi connectivity index (χ0n) is 13.4. The van der Waals surface area contributed by atoms with Gasteiger partial charge < -0.3 is 15.4 Å². The van der Waals surface area contributed by atoms with Crippen molar-refractivity contribution >= 4 is 29.9 Å². The number of aliphatic imine (C=N–C) groups is 1. The number of guanidine groups is 1. The molecule has 0 saturated carbocycles. The van der Waals surface area contributed by atoms with E-state index in [2.05, 4.69) is 43.3 Å². The molecule has 0 aliphatic carbocycles. The van der Waals surface area contributed by atoms with E-state index in [1.165, 1.54) is 19.3 Å². The van der Waals surface area contributed by atoms with E-state index in [0.717, 1.165) is 38.0 Å². The molecule has 1 aliphatic rings. The molecule has 1 rings (SSSR count). The molecular weight excluding hydrogens is 365 g/mol. The summed E-state index contributed by atoms with van der Waals surface area (Å²) in [6.07, 6.45) is 5.07. The predicted octanol–water partition coefficient (Wildman–Crippen LogP) is 3.16. The Morgan fingerprint density at radius 2 is 2.05 bits per heavy atom. The fourth-order valence-corrected chi connectivity index (χ4v) is 2.19. The van der Waals surface area contributed by atoms with Crippen LogP contribution in [0.15, 0.2) is 4.99 Å². The molecule has 1 fully saturated rings. The van der Waals surface area contributed by atoms with Crippen LogP contribution in [0.5, 0.6) is 0 Å². The highest BCUT2D eigenvalue weighted by Crippen LogP contribution is 2.12. The van der Waals surface area contributed by atoms with Crippen LogP contribution in [-0.4, -0.2) is 37.8 Å². The van der Waals surface area contributed by atoms with Crippen molar-refractivity contribution in [2.24, 2.45) is 10.9 Å². The van der Waals surface area contributed by atoms with E-state index in [9.17, 15) is 0 Å². The molecule has 0 aromatic rings. The zero-order valence-corrected chi connectivity index (χ0v) is 15.8. The van der Waals surface area contributed by atoms with Crippen molar-refractivity contribution in [3.05, 3.63) is 0 Å². The summed E-state index contributed by atoms with van der Waals surface area (Å²) in [4.78, 5) is 4.63. The van der Waals surface area contributed by atoms with Crippen LogP contribution in [0.3, 0.4) is 0 Å². The molecule has 1 aliphatic heterocycles. The molecule has 0 spiro atoms. The van der Waals surface area contributed by atoms with E-state index in [0.29, 0.717) is 12.1 Å². The van der Waals surface area contributed by atoms with Gasteiger partial charge in [-0.1, -0.05) is 13.8 Å². The number of hydrogen-bond acceptors (Lipinski definition) is 2. The molecule has 4 nitrogen and oxygen atoms in total. The lowest BCUT2D eigenvalue weighted by atomic mass is 10.0. The second kappa shape index (κ2) is 11.6. The Kier molecular flexibility index (Phi) is 11.6. The van der Waals surface area contributed by atoms with Crippen LogP contribution in [0.1, 0.15) is 53.4 Å². The molecule has 0 radical (unpaired) electrons. The van der Waals surface area contributed by atoms with Gasteiger partial charge in [-0.05, 0) is 45.4 Å². The molecule has 0 aromatic carbocycles. The quantitative estimate of drug-likeness (QED) is 0.394. The van der Waals surface area contributed by atoms with E-state index in [4.69, 9.17) is 4.74 Å². The molecule has 120 valence electrons. The molecule has 2 atom stereocenters. The highest BCUT2D eigenvalue weighted by Gasteiger charge is 2.15. The van der Waals surface area contributed by atoms with Crippen LogP contribution in [0.25, 0.3) is 0 Å². The standard InChI is InChI=1S/C15H31N3O.HI/c1-5-16-15(17-11-14-7-6-10-19-14)18-13(4)9-8-12(2)3;/h12-14H,5-11H2,1-4H3,(H2,16,17,18);1H. The Balaban J connectivity index is 0.00000361. The number of ether oxygens (including phenoxy) is 1. The van der Waals surface area contributed by atoms with Gasteiger partial charge in [0.2, 0.25) is 0 Å². The van der Waals surface area contributed by atoms with Crippen LogP contribution in [0.4, 0.5) is 0 Å². The smallest absolute Gasteiger partial charge is 0.191 e. The summed E-state index contributed by atoms with van der Waals surface area (Å²) in [6, 6.07) is 0.463. The van der Waals surface area contributed by atoms with Crippen LogP contribution >= 0.6 is 24.0 Å². The summed E-state index contributed by atoms with van der Waals surface area (Å²) in [7, 11) is 0. The molecule has 1 saturated heterocycles. The summed E-state index contributed by atoms with van der Waals surface area (Å²) >= 11 is 0. The topological polar surface area (TPSA) is 45.7 Å². The average molecular weight is 397 g/mol. The fraction of sp³-hybridized carbons (Fsp3) is 0.933. The van der Waals surface area contributed by atoms with Gasteiger partial charge in [-0.25, -0.2) is 0 Å². The van der Waals surface area contributed by atoms with Gasteiger partial charge in [0, 0.05) is 19.2 Å². The Hall–Kier alpha value is -0.0400. The van der Waals surface area contributed by atoms with Crippen LogP contribution in [0, 0.1) is 5.92 Å². The number of rotatable bonds is 7. The molecule has 2 unspecified atom stereocenters. The Labute approximate surface area is 141 Å². The molecular formula is C15H32IN3O. The van der Waals surface area contributed by atoms with Crippen molar-refractivity contribution < 1.29 is 4.74 Å². The maximum absolute atomic E-state index is 5.60. The minimum atomic E-state index is 0. The monoisotopic (exact) mass is 397 g/mol. The van der Waals surface area contributed by atoms with Gasteiger partial charge in [-0.3, -0.25) is 4.99 Å². The van der Waals surface area contributed by atoms with Crippen molar-refractivity contribution in [2.75, 3.05) is 19.7 Å². The lowest BCUT2D eigenvalue weighted by Crippen LogP contribution is -2.42. The van der Waals surface area contributed by atoms with Gasteiger partial charge in [0.25, 0.3) is 0 Å². The van der Waals surface area contributed by atoms with Crippen LogP contribution < -0.4 is 10.6 Å². The summed E-state index contributed by atoms with van der Waals surface area (Å²) in [5, 5.41) is 6.79. The van der Waals surface area contributed by atoms with Gasteiger partial charge in [0.1, 0.15) is 0 Å². The van der Waals surface area contributed by atoms with E-state index >= 15 is 0 Å². The van der Waals surface area contributed by atoms with Gasteiger partial charge in [-0.2, -0.15) is 0 Å². The number of nitrogens with zero attached hydrogens (tertiary/aromatic N) is 1. The van der Waals surface area contributed by atoms with Crippen LogP contribution in [-0.2, 0) is 4.74 Å². The predicted molar refractivity (Wildman–Crippen MR) is 97.0 cm³/mol. The minimum Gasteiger partial charge on any atom is -0.376 e. The summed E-state index contributed by atoms with van der Waals surface area (Å²) in [6.45, 7) is 11.4. The van der Waals surface area contributed by atoms with Crippen molar-refractivity contribution in [1.29, 1.82) is 0 Å². The Morgan fingerprint density at radius 3 is 2.60 bits per heavy atom. The van der Waals surface area contributed by atoms with Gasteiger partial charge in [-0.15, -0.1) is 24.0 Å². The normalized spacial score (nSPS) is 20.6. The first kappa shape index (κ1) is 20.0. The molecule has 20 heavy (non-hydrogen) atoms. The number of nitrogens with one attached hydrogen (secondary N) is 2. The molecule has 0 aromatic heterocycles. The third-order valence-electron chi connectivity index (χ3n) is 3.38. The SMILES string of the molecule is CCNC(=NCC1CCCO1)NC(C)CCC(C)C.I. The third-order valence-corrected chi connectivity index (χ3v) is 3.38. The summed E-state index contributed by atoms with van der Waals surface area (Å²) < 4.78 is 5.60. The largest absolute Gasteiger partial charge is 0.376 e. The molecule has 0 bridgehead atoms. The van der Waals surface area contributed by atoms with E-state index in [1.54, 1.807) is 0 Å². The number of hydrogen-bond donors (Lipinski definition) is 2. The lowest BCUT2D eigenvalue weighted by molar-refractivity contribution is 0.117. The van der Waals surface area contributed by atoms with Crippen molar-refractivity contribution in [3.8, 4) is 0 Å². The van der Waals surface area contributed by atoms with Gasteiger partial charge in [0.15, 0.2) is 5.96 Å². The third kappa shape index (κ3) is 9.00. The minimum absolute atomic E-state index is 0. The second-order valence-corrected chi connectivity index (χ2v) is 5.87. The van der Waals surface area contributed by atoms with Crippen molar-refractivity contribution in [3.63, 3.8) is 0 Å². The van der Waals surface area contributed by atoms with E-state index in [1.807, 2.05) is 0 Å². The zero-order chi connectivity index (χ0) is 14.1. The first-order valence-corrected chi connectivity index (χ1v) is 7.78. The van der Waals surface area contributed by atoms with Gasteiger partial charge >= 0.3 is 0 Å². The Bertz CT molecular complexity index is 266. The molecule has 0 amide bonds. The summed E-state index contributed by atoms with van der Waals surface area (Å²) in [5.41, 5.74) is 0. The maximum Gasteiger partial charge on any atom is 0.191 e. The highest BCUT2D eigenvalue weighted by molar-refractivity contribution is 14.0. The Morgan fingerprint density at radius 1 is 1.30 bits per heavy atom. The lowest BCUT2D eigenvalue weighted by Gasteiger charge is -2.19. The van der Waals surface area contributed by atoms with Crippen molar-refractivity contribution in [2.45, 2.75) is 65.5 Å². The summed E-state index contributed by atoms with van der Waals surface area (Å²) in [5.74, 6) is 1.69. The molecule has 1 heterocycles. The maximum atomic E-state index is 5.60. The van der Waals surface area contributed by atoms with E-state index in [-0.39, 0.29) is 24.0 Å². The highest BCUT2D eigenvalue weighted by atomic mass is 127.